The molecule has 1 saturated heterocycles. The van der Waals surface area contributed by atoms with Crippen LogP contribution >= 0.6 is 0 Å². The van der Waals surface area contributed by atoms with Gasteiger partial charge in [0.25, 0.3) is 0 Å². The van der Waals surface area contributed by atoms with E-state index in [1.165, 1.54) is 18.4 Å². The molecule has 0 aliphatic carbocycles. The van der Waals surface area contributed by atoms with Crippen LogP contribution in [0.1, 0.15) is 35.7 Å². The van der Waals surface area contributed by atoms with Crippen molar-refractivity contribution in [2.45, 2.75) is 26.2 Å². The highest BCUT2D eigenvalue weighted by atomic mass is 16.5. The minimum atomic E-state index is -0.300. The zero-order valence-corrected chi connectivity index (χ0v) is 14.1. The van der Waals surface area contributed by atoms with Crippen molar-refractivity contribution >= 4 is 11.7 Å². The van der Waals surface area contributed by atoms with Gasteiger partial charge in [-0.3, -0.25) is 4.98 Å². The Morgan fingerprint density at radius 3 is 2.67 bits per heavy atom. The molecule has 4 heteroatoms. The molecule has 2 heterocycles. The average molecular weight is 324 g/mol. The second-order valence-electron chi connectivity index (χ2n) is 6.27. The fourth-order valence-electron chi connectivity index (χ4n) is 3.27. The topological polar surface area (TPSA) is 42.4 Å². The molecule has 0 amide bonds. The molecule has 4 nitrogen and oxygen atoms in total. The Morgan fingerprint density at radius 2 is 1.96 bits per heavy atom. The highest BCUT2D eigenvalue weighted by Crippen LogP contribution is 2.26. The predicted octanol–water partition coefficient (Wildman–Crippen LogP) is 3.72. The van der Waals surface area contributed by atoms with E-state index < -0.39 is 0 Å². The van der Waals surface area contributed by atoms with Gasteiger partial charge in [-0.1, -0.05) is 30.3 Å². The first-order valence-electron chi connectivity index (χ1n) is 8.67. The van der Waals surface area contributed by atoms with Crippen molar-refractivity contribution in [3.8, 4) is 0 Å². The van der Waals surface area contributed by atoms with Gasteiger partial charge in [0.2, 0.25) is 0 Å². The zero-order chi connectivity index (χ0) is 16.8. The molecule has 0 bridgehead atoms. The van der Waals surface area contributed by atoms with Crippen LogP contribution in [0.2, 0.25) is 0 Å². The second kappa shape index (κ2) is 7.95. The monoisotopic (exact) mass is 324 g/mol. The minimum Gasteiger partial charge on any atom is -0.462 e. The first-order valence-corrected chi connectivity index (χ1v) is 8.67. The number of piperidine rings is 1. The van der Waals surface area contributed by atoms with Gasteiger partial charge < -0.3 is 9.64 Å². The van der Waals surface area contributed by atoms with E-state index in [9.17, 15) is 4.79 Å². The Balaban J connectivity index is 1.58. The molecule has 126 valence electrons. The van der Waals surface area contributed by atoms with Gasteiger partial charge >= 0.3 is 5.97 Å². The summed E-state index contributed by atoms with van der Waals surface area (Å²) in [7, 11) is 0. The van der Waals surface area contributed by atoms with E-state index in [-0.39, 0.29) is 5.97 Å². The molecule has 3 rings (SSSR count). The Bertz CT molecular complexity index is 664. The van der Waals surface area contributed by atoms with Gasteiger partial charge in [0.1, 0.15) is 0 Å². The van der Waals surface area contributed by atoms with Crippen molar-refractivity contribution in [2.24, 2.45) is 5.92 Å². The van der Waals surface area contributed by atoms with Crippen LogP contribution in [0.25, 0.3) is 0 Å². The second-order valence-corrected chi connectivity index (χ2v) is 6.27. The molecule has 1 aliphatic heterocycles. The first-order chi connectivity index (χ1) is 11.8. The molecule has 0 spiro atoms. The highest BCUT2D eigenvalue weighted by Gasteiger charge is 2.20. The number of aromatic nitrogens is 1. The SMILES string of the molecule is CCOC(=O)c1cncc(N2CCC(Cc3ccccc3)CC2)c1. The normalized spacial score (nSPS) is 15.3. The summed E-state index contributed by atoms with van der Waals surface area (Å²) in [4.78, 5) is 18.4. The fourth-order valence-corrected chi connectivity index (χ4v) is 3.27. The molecule has 0 N–H and O–H groups in total. The number of carbonyl (C=O) groups excluding carboxylic acids is 1. The lowest BCUT2D eigenvalue weighted by Gasteiger charge is -2.33. The number of rotatable bonds is 5. The number of hydrogen-bond acceptors (Lipinski definition) is 4. The molecular weight excluding hydrogens is 300 g/mol. The van der Waals surface area contributed by atoms with Crippen LogP contribution < -0.4 is 4.90 Å². The number of esters is 1. The molecule has 0 atom stereocenters. The molecule has 24 heavy (non-hydrogen) atoms. The quantitative estimate of drug-likeness (QED) is 0.786. The van der Waals surface area contributed by atoms with E-state index >= 15 is 0 Å². The maximum atomic E-state index is 11.9. The third kappa shape index (κ3) is 4.13. The highest BCUT2D eigenvalue weighted by molar-refractivity contribution is 5.90. The number of benzene rings is 1. The summed E-state index contributed by atoms with van der Waals surface area (Å²) in [6, 6.07) is 12.6. The standard InChI is InChI=1S/C20H24N2O2/c1-2-24-20(23)18-13-19(15-21-14-18)22-10-8-17(9-11-22)12-16-6-4-3-5-7-16/h3-7,13-15,17H,2,8-12H2,1H3. The van der Waals surface area contributed by atoms with Gasteiger partial charge in [-0.2, -0.15) is 0 Å². The van der Waals surface area contributed by atoms with Crippen molar-refractivity contribution in [3.05, 3.63) is 59.9 Å². The van der Waals surface area contributed by atoms with Gasteiger partial charge in [0, 0.05) is 19.3 Å². The third-order valence-electron chi connectivity index (χ3n) is 4.58. The summed E-state index contributed by atoms with van der Waals surface area (Å²) >= 11 is 0. The van der Waals surface area contributed by atoms with Crippen molar-refractivity contribution in [2.75, 3.05) is 24.6 Å². The molecule has 1 aliphatic rings. The van der Waals surface area contributed by atoms with Crippen LogP contribution in [0.4, 0.5) is 5.69 Å². The lowest BCUT2D eigenvalue weighted by Crippen LogP contribution is -2.34. The Morgan fingerprint density at radius 1 is 1.21 bits per heavy atom. The summed E-state index contributed by atoms with van der Waals surface area (Å²) < 4.78 is 5.06. The molecule has 0 saturated carbocycles. The van der Waals surface area contributed by atoms with E-state index in [0.29, 0.717) is 12.2 Å². The van der Waals surface area contributed by atoms with Gasteiger partial charge in [-0.25, -0.2) is 4.79 Å². The summed E-state index contributed by atoms with van der Waals surface area (Å²) in [5, 5.41) is 0. The number of hydrogen-bond donors (Lipinski definition) is 0. The summed E-state index contributed by atoms with van der Waals surface area (Å²) in [5.74, 6) is 0.427. The lowest BCUT2D eigenvalue weighted by atomic mass is 9.90. The Kier molecular flexibility index (Phi) is 5.47. The largest absolute Gasteiger partial charge is 0.462 e. The molecule has 1 fully saturated rings. The summed E-state index contributed by atoms with van der Waals surface area (Å²) in [6.07, 6.45) is 6.89. The van der Waals surface area contributed by atoms with Gasteiger partial charge in [0.15, 0.2) is 0 Å². The van der Waals surface area contributed by atoms with Crippen molar-refractivity contribution in [1.82, 2.24) is 4.98 Å². The maximum absolute atomic E-state index is 11.9. The van der Waals surface area contributed by atoms with E-state index in [1.54, 1.807) is 6.20 Å². The molecule has 1 aromatic carbocycles. The van der Waals surface area contributed by atoms with E-state index in [4.69, 9.17) is 4.74 Å². The van der Waals surface area contributed by atoms with Crippen LogP contribution in [0.5, 0.6) is 0 Å². The number of carbonyl (C=O) groups is 1. The minimum absolute atomic E-state index is 0.300. The van der Waals surface area contributed by atoms with Crippen molar-refractivity contribution in [3.63, 3.8) is 0 Å². The molecule has 1 aromatic heterocycles. The van der Waals surface area contributed by atoms with Crippen molar-refractivity contribution in [1.29, 1.82) is 0 Å². The van der Waals surface area contributed by atoms with Gasteiger partial charge in [0.05, 0.1) is 24.1 Å². The van der Waals surface area contributed by atoms with Crippen LogP contribution in [0.15, 0.2) is 48.8 Å². The summed E-state index contributed by atoms with van der Waals surface area (Å²) in [5.41, 5.74) is 2.96. The first kappa shape index (κ1) is 16.5. The van der Waals surface area contributed by atoms with Gasteiger partial charge in [-0.05, 0) is 43.7 Å². The van der Waals surface area contributed by atoms with Crippen molar-refractivity contribution < 1.29 is 9.53 Å². The third-order valence-corrected chi connectivity index (χ3v) is 4.58. The fraction of sp³-hybridized carbons (Fsp3) is 0.400. The Hall–Kier alpha value is -2.36. The Labute approximate surface area is 143 Å². The molecule has 2 aromatic rings. The number of anilines is 1. The van der Waals surface area contributed by atoms with Crippen LogP contribution in [0.3, 0.4) is 0 Å². The number of pyridine rings is 1. The molecule has 0 unspecified atom stereocenters. The van der Waals surface area contributed by atoms with Gasteiger partial charge in [-0.15, -0.1) is 0 Å². The van der Waals surface area contributed by atoms with Crippen LogP contribution in [0, 0.1) is 5.92 Å². The molecule has 0 radical (unpaired) electrons. The van der Waals surface area contributed by atoms with E-state index in [1.807, 2.05) is 19.2 Å². The van der Waals surface area contributed by atoms with Crippen LogP contribution in [-0.2, 0) is 11.2 Å². The number of ether oxygens (including phenoxy) is 1. The smallest absolute Gasteiger partial charge is 0.339 e. The van der Waals surface area contributed by atoms with E-state index in [2.05, 4.69) is 40.2 Å². The summed E-state index contributed by atoms with van der Waals surface area (Å²) in [6.45, 7) is 4.21. The zero-order valence-electron chi connectivity index (χ0n) is 14.1. The van der Waals surface area contributed by atoms with Crippen LogP contribution in [-0.4, -0.2) is 30.6 Å². The average Bonchev–Trinajstić information content (AvgIpc) is 2.63. The lowest BCUT2D eigenvalue weighted by molar-refractivity contribution is 0.0526. The number of nitrogens with zero attached hydrogens (tertiary/aromatic N) is 2. The maximum Gasteiger partial charge on any atom is 0.339 e. The molecular formula is C20H24N2O2. The predicted molar refractivity (Wildman–Crippen MR) is 95.3 cm³/mol. The van der Waals surface area contributed by atoms with E-state index in [0.717, 1.165) is 31.1 Å².